The average Bonchev–Trinajstić information content (AvgIpc) is 3.58. The summed E-state index contributed by atoms with van der Waals surface area (Å²) in [5.74, 6) is -1.21. The Morgan fingerprint density at radius 2 is 1.57 bits per heavy atom. The van der Waals surface area contributed by atoms with Gasteiger partial charge in [-0.05, 0) is 41.1 Å². The molecule has 202 valence electrons. The number of halogens is 1. The second-order valence-corrected chi connectivity index (χ2v) is 10.1. The maximum atomic E-state index is 13.0. The number of aromatic nitrogens is 1. The monoisotopic (exact) mass is 574 g/mol. The Labute approximate surface area is 238 Å². The van der Waals surface area contributed by atoms with Crippen LogP contribution in [0.3, 0.4) is 0 Å². The van der Waals surface area contributed by atoms with Gasteiger partial charge in [-0.3, -0.25) is 4.79 Å². The Morgan fingerprint density at radius 1 is 0.950 bits per heavy atom. The minimum absolute atomic E-state index is 0.0143. The number of hydrogen-bond donors (Lipinski definition) is 2. The lowest BCUT2D eigenvalue weighted by atomic mass is 10.1. The first-order valence-electron chi connectivity index (χ1n) is 12.2. The summed E-state index contributed by atoms with van der Waals surface area (Å²) in [5, 5.41) is 18.2. The van der Waals surface area contributed by atoms with E-state index in [0.717, 1.165) is 16.7 Å². The maximum absolute atomic E-state index is 13.0. The summed E-state index contributed by atoms with van der Waals surface area (Å²) in [6.07, 6.45) is 0. The van der Waals surface area contributed by atoms with Crippen molar-refractivity contribution in [2.45, 2.75) is 20.1 Å². The van der Waals surface area contributed by atoms with Crippen molar-refractivity contribution in [3.63, 3.8) is 0 Å². The fraction of sp³-hybridized carbons (Fsp3) is 0.100. The smallest absolute Gasteiger partial charge is 0.360 e. The molecule has 0 unspecified atom stereocenters. The highest BCUT2D eigenvalue weighted by molar-refractivity contribution is 7.12. The summed E-state index contributed by atoms with van der Waals surface area (Å²) in [6.45, 7) is 2.26. The molecule has 8 nitrogen and oxygen atoms in total. The Balaban J connectivity index is 1.54. The van der Waals surface area contributed by atoms with Crippen LogP contribution in [0.5, 0.6) is 11.5 Å². The molecule has 5 rings (SSSR count). The van der Waals surface area contributed by atoms with Crippen LogP contribution in [-0.2, 0) is 13.2 Å². The molecule has 0 aliphatic heterocycles. The summed E-state index contributed by atoms with van der Waals surface area (Å²) >= 11 is 7.86. The van der Waals surface area contributed by atoms with E-state index in [1.54, 1.807) is 30.5 Å². The lowest BCUT2D eigenvalue weighted by Gasteiger charge is -2.15. The number of aromatic carboxylic acids is 1. The van der Waals surface area contributed by atoms with Gasteiger partial charge in [-0.2, -0.15) is 0 Å². The molecule has 0 radical (unpaired) electrons. The molecule has 0 bridgehead atoms. The van der Waals surface area contributed by atoms with Crippen LogP contribution in [0.25, 0.3) is 11.3 Å². The lowest BCUT2D eigenvalue weighted by molar-refractivity contribution is 0.0687. The fourth-order valence-electron chi connectivity index (χ4n) is 3.92. The first-order chi connectivity index (χ1) is 19.4. The highest BCUT2D eigenvalue weighted by Crippen LogP contribution is 2.43. The predicted octanol–water partition coefficient (Wildman–Crippen LogP) is 7.47. The van der Waals surface area contributed by atoms with Crippen molar-refractivity contribution >= 4 is 40.5 Å². The molecule has 5 aromatic rings. The van der Waals surface area contributed by atoms with Gasteiger partial charge in [0.1, 0.15) is 30.4 Å². The van der Waals surface area contributed by atoms with E-state index in [0.29, 0.717) is 21.9 Å². The highest BCUT2D eigenvalue weighted by atomic mass is 35.5. The van der Waals surface area contributed by atoms with Crippen molar-refractivity contribution in [2.75, 3.05) is 5.32 Å². The van der Waals surface area contributed by atoms with Crippen molar-refractivity contribution < 1.29 is 28.7 Å². The molecule has 40 heavy (non-hydrogen) atoms. The fourth-order valence-corrected chi connectivity index (χ4v) is 4.96. The van der Waals surface area contributed by atoms with Gasteiger partial charge < -0.3 is 24.4 Å². The number of benzene rings is 3. The quantitative estimate of drug-likeness (QED) is 0.178. The van der Waals surface area contributed by atoms with Gasteiger partial charge in [0, 0.05) is 6.07 Å². The zero-order valence-electron chi connectivity index (χ0n) is 21.2. The van der Waals surface area contributed by atoms with Gasteiger partial charge in [-0.15, -0.1) is 11.3 Å². The molecule has 0 saturated heterocycles. The third-order valence-corrected chi connectivity index (χ3v) is 7.27. The zero-order chi connectivity index (χ0) is 28.1. The second-order valence-electron chi connectivity index (χ2n) is 8.75. The molecule has 0 fully saturated rings. The molecule has 1 amide bonds. The Hall–Kier alpha value is -4.60. The molecule has 0 aliphatic carbocycles. The Bertz CT molecular complexity index is 1650. The third kappa shape index (κ3) is 6.01. The van der Waals surface area contributed by atoms with Crippen LogP contribution in [0.15, 0.2) is 88.8 Å². The third-order valence-electron chi connectivity index (χ3n) is 5.95. The molecular weight excluding hydrogens is 552 g/mol. The van der Waals surface area contributed by atoms with Crippen LogP contribution in [0.2, 0.25) is 5.02 Å². The number of rotatable bonds is 10. The van der Waals surface area contributed by atoms with Crippen molar-refractivity contribution in [1.82, 2.24) is 5.16 Å². The number of thiophene rings is 1. The number of carboxylic acids is 1. The molecule has 3 aromatic carbocycles. The minimum atomic E-state index is -1.37. The largest absolute Gasteiger partial charge is 0.488 e. The summed E-state index contributed by atoms with van der Waals surface area (Å²) in [6, 6.07) is 24.1. The van der Waals surface area contributed by atoms with E-state index in [2.05, 4.69) is 10.5 Å². The number of carbonyl (C=O) groups is 2. The number of ether oxygens (including phenoxy) is 2. The van der Waals surface area contributed by atoms with Crippen LogP contribution in [-0.4, -0.2) is 22.1 Å². The predicted molar refractivity (Wildman–Crippen MR) is 152 cm³/mol. The van der Waals surface area contributed by atoms with Gasteiger partial charge in [0.2, 0.25) is 5.69 Å². The molecule has 0 spiro atoms. The molecule has 0 saturated carbocycles. The average molecular weight is 575 g/mol. The van der Waals surface area contributed by atoms with Crippen LogP contribution >= 0.6 is 22.9 Å². The molecule has 0 aliphatic rings. The number of nitrogens with one attached hydrogen (secondary N) is 1. The summed E-state index contributed by atoms with van der Waals surface area (Å²) in [4.78, 5) is 25.5. The van der Waals surface area contributed by atoms with Crippen LogP contribution in [0, 0.1) is 6.92 Å². The number of aryl methyl sites for hydroxylation is 1. The van der Waals surface area contributed by atoms with E-state index in [9.17, 15) is 14.7 Å². The van der Waals surface area contributed by atoms with E-state index < -0.39 is 17.6 Å². The van der Waals surface area contributed by atoms with Crippen molar-refractivity contribution in [2.24, 2.45) is 0 Å². The van der Waals surface area contributed by atoms with E-state index in [-0.39, 0.29) is 29.7 Å². The SMILES string of the molecule is Cc1ccsc1C(=O)Nc1c(C(=O)O)noc1-c1cc(Cl)c(OCc2ccccc2)cc1OCc1ccccc1. The van der Waals surface area contributed by atoms with Crippen LogP contribution in [0.1, 0.15) is 36.9 Å². The van der Waals surface area contributed by atoms with E-state index >= 15 is 0 Å². The summed E-state index contributed by atoms with van der Waals surface area (Å²) in [5.41, 5.74) is 2.35. The normalized spacial score (nSPS) is 10.8. The van der Waals surface area contributed by atoms with Crippen LogP contribution < -0.4 is 14.8 Å². The first kappa shape index (κ1) is 27.0. The zero-order valence-corrected chi connectivity index (χ0v) is 22.8. The van der Waals surface area contributed by atoms with E-state index in [1.807, 2.05) is 60.7 Å². The number of nitrogens with zero attached hydrogens (tertiary/aromatic N) is 1. The number of amides is 1. The molecule has 0 atom stereocenters. The lowest BCUT2D eigenvalue weighted by Crippen LogP contribution is -2.14. The van der Waals surface area contributed by atoms with Gasteiger partial charge in [0.15, 0.2) is 5.76 Å². The summed E-state index contributed by atoms with van der Waals surface area (Å²) < 4.78 is 17.6. The van der Waals surface area contributed by atoms with Gasteiger partial charge in [-0.25, -0.2) is 4.79 Å². The molecule has 2 aromatic heterocycles. The van der Waals surface area contributed by atoms with E-state index in [1.165, 1.54) is 11.3 Å². The Kier molecular flexibility index (Phi) is 8.14. The van der Waals surface area contributed by atoms with Gasteiger partial charge in [0.25, 0.3) is 5.91 Å². The van der Waals surface area contributed by atoms with Crippen molar-refractivity contribution in [3.05, 3.63) is 117 Å². The van der Waals surface area contributed by atoms with Crippen molar-refractivity contribution in [1.29, 1.82) is 0 Å². The van der Waals surface area contributed by atoms with Gasteiger partial charge in [-0.1, -0.05) is 77.4 Å². The molecule has 2 heterocycles. The second kappa shape index (κ2) is 12.1. The topological polar surface area (TPSA) is 111 Å². The number of hydrogen-bond acceptors (Lipinski definition) is 7. The van der Waals surface area contributed by atoms with E-state index in [4.69, 9.17) is 25.6 Å². The molecule has 2 N–H and O–H groups in total. The number of carbonyl (C=O) groups excluding carboxylic acids is 1. The minimum Gasteiger partial charge on any atom is -0.488 e. The van der Waals surface area contributed by atoms with Crippen molar-refractivity contribution in [3.8, 4) is 22.8 Å². The molecular formula is C30H23ClN2O6S. The number of anilines is 1. The standard InChI is InChI=1S/C30H23ClN2O6S/c1-18-12-13-40-28(18)29(34)32-25-26(30(35)36)33-39-27(25)21-14-22(31)24(38-17-20-10-6-3-7-11-20)15-23(21)37-16-19-8-4-2-5-9-19/h2-15H,16-17H2,1H3,(H,32,34)(H,35,36). The molecule has 10 heteroatoms. The van der Waals surface area contributed by atoms with Crippen LogP contribution in [0.4, 0.5) is 5.69 Å². The highest BCUT2D eigenvalue weighted by Gasteiger charge is 2.28. The van der Waals surface area contributed by atoms with Gasteiger partial charge in [0.05, 0.1) is 15.5 Å². The maximum Gasteiger partial charge on any atom is 0.360 e. The first-order valence-corrected chi connectivity index (χ1v) is 13.4. The summed E-state index contributed by atoms with van der Waals surface area (Å²) in [7, 11) is 0. The van der Waals surface area contributed by atoms with Gasteiger partial charge >= 0.3 is 5.97 Å². The number of carboxylic acid groups (broad SMARTS) is 1. The Morgan fingerprint density at radius 3 is 2.15 bits per heavy atom.